The van der Waals surface area contributed by atoms with Gasteiger partial charge in [-0.25, -0.2) is 14.8 Å². The second-order valence-electron chi connectivity index (χ2n) is 7.47. The van der Waals surface area contributed by atoms with Crippen molar-refractivity contribution in [1.82, 2.24) is 19.4 Å². The average Bonchev–Trinajstić information content (AvgIpc) is 3.45. The van der Waals surface area contributed by atoms with E-state index in [1.807, 2.05) is 35.7 Å². The zero-order chi connectivity index (χ0) is 19.1. The number of rotatable bonds is 4. The topological polar surface area (TPSA) is 71.8 Å². The number of hydroxylamine groups is 2. The lowest BCUT2D eigenvalue weighted by Gasteiger charge is -2.17. The SMILES string of the molecule is CCC1CN(OC(=O)c2ccccc2)CC1c1cnc2cnc3c(n12)CCN3. The van der Waals surface area contributed by atoms with E-state index in [-0.39, 0.29) is 11.9 Å². The van der Waals surface area contributed by atoms with Crippen molar-refractivity contribution in [3.8, 4) is 0 Å². The summed E-state index contributed by atoms with van der Waals surface area (Å²) in [6, 6.07) is 9.14. The summed E-state index contributed by atoms with van der Waals surface area (Å²) in [5, 5.41) is 5.15. The molecule has 1 saturated heterocycles. The molecule has 144 valence electrons. The van der Waals surface area contributed by atoms with Crippen molar-refractivity contribution >= 4 is 17.4 Å². The monoisotopic (exact) mass is 377 g/mol. The number of benzene rings is 1. The Hall–Kier alpha value is -2.93. The van der Waals surface area contributed by atoms with E-state index in [4.69, 9.17) is 4.84 Å². The molecule has 2 aliphatic rings. The van der Waals surface area contributed by atoms with Crippen LogP contribution < -0.4 is 5.32 Å². The Morgan fingerprint density at radius 3 is 2.89 bits per heavy atom. The van der Waals surface area contributed by atoms with Crippen LogP contribution in [0.5, 0.6) is 0 Å². The van der Waals surface area contributed by atoms with Gasteiger partial charge in [-0.05, 0) is 18.1 Å². The standard InChI is InChI=1S/C21H23N5O2/c1-2-14-12-25(28-21(27)15-6-4-3-5-7-15)13-16(14)18-10-23-19-11-24-20-17(26(18)19)8-9-22-20/h3-7,10-11,14,16,22H,2,8-9,12-13H2,1H3. The summed E-state index contributed by atoms with van der Waals surface area (Å²) in [5.74, 6) is 1.31. The quantitative estimate of drug-likeness (QED) is 0.754. The summed E-state index contributed by atoms with van der Waals surface area (Å²) < 4.78 is 2.25. The van der Waals surface area contributed by atoms with E-state index in [1.54, 1.807) is 12.1 Å². The van der Waals surface area contributed by atoms with Gasteiger partial charge in [0.1, 0.15) is 5.82 Å². The highest BCUT2D eigenvalue weighted by Gasteiger charge is 2.37. The lowest BCUT2D eigenvalue weighted by atomic mass is 9.91. The first-order valence-corrected chi connectivity index (χ1v) is 9.86. The van der Waals surface area contributed by atoms with Gasteiger partial charge in [-0.3, -0.25) is 4.40 Å². The minimum Gasteiger partial charge on any atom is -0.368 e. The molecule has 5 rings (SSSR count). The number of imidazole rings is 1. The van der Waals surface area contributed by atoms with Crippen LogP contribution in [0.1, 0.15) is 41.0 Å². The summed E-state index contributed by atoms with van der Waals surface area (Å²) in [6.45, 7) is 4.51. The van der Waals surface area contributed by atoms with E-state index in [2.05, 4.69) is 26.6 Å². The second kappa shape index (κ2) is 6.91. The molecule has 0 spiro atoms. The lowest BCUT2D eigenvalue weighted by molar-refractivity contribution is -0.0959. The van der Waals surface area contributed by atoms with Crippen molar-refractivity contribution in [2.24, 2.45) is 5.92 Å². The number of carbonyl (C=O) groups excluding carboxylic acids is 1. The molecule has 7 nitrogen and oxygen atoms in total. The zero-order valence-electron chi connectivity index (χ0n) is 15.8. The van der Waals surface area contributed by atoms with Crippen LogP contribution in [0, 0.1) is 5.92 Å². The molecule has 2 aliphatic heterocycles. The Labute approximate surface area is 163 Å². The average molecular weight is 377 g/mol. The first-order chi connectivity index (χ1) is 13.7. The third kappa shape index (κ3) is 2.82. The highest BCUT2D eigenvalue weighted by atomic mass is 16.7. The fourth-order valence-electron chi connectivity index (χ4n) is 4.41. The van der Waals surface area contributed by atoms with E-state index in [9.17, 15) is 4.79 Å². The van der Waals surface area contributed by atoms with Gasteiger partial charge in [0.05, 0.1) is 17.5 Å². The van der Waals surface area contributed by atoms with Crippen molar-refractivity contribution in [3.05, 3.63) is 59.7 Å². The van der Waals surface area contributed by atoms with Gasteiger partial charge in [0.2, 0.25) is 0 Å². The Morgan fingerprint density at radius 1 is 1.21 bits per heavy atom. The van der Waals surface area contributed by atoms with E-state index in [0.29, 0.717) is 18.0 Å². The molecular formula is C21H23N5O2. The van der Waals surface area contributed by atoms with Crippen LogP contribution in [-0.4, -0.2) is 45.0 Å². The summed E-state index contributed by atoms with van der Waals surface area (Å²) in [7, 11) is 0. The molecule has 28 heavy (non-hydrogen) atoms. The fourth-order valence-corrected chi connectivity index (χ4v) is 4.41. The van der Waals surface area contributed by atoms with E-state index in [0.717, 1.165) is 37.4 Å². The normalized spacial score (nSPS) is 21.6. The van der Waals surface area contributed by atoms with Crippen LogP contribution >= 0.6 is 0 Å². The number of fused-ring (bicyclic) bond motifs is 3. The molecule has 3 aromatic rings. The minimum atomic E-state index is -0.302. The predicted molar refractivity (Wildman–Crippen MR) is 105 cm³/mol. The maximum Gasteiger partial charge on any atom is 0.357 e. The fraction of sp³-hybridized carbons (Fsp3) is 0.381. The van der Waals surface area contributed by atoms with Crippen LogP contribution in [0.4, 0.5) is 5.82 Å². The summed E-state index contributed by atoms with van der Waals surface area (Å²) in [6.07, 6.45) is 5.75. The van der Waals surface area contributed by atoms with Crippen molar-refractivity contribution in [2.45, 2.75) is 25.7 Å². The number of nitrogens with zero attached hydrogens (tertiary/aromatic N) is 4. The number of carbonyl (C=O) groups is 1. The number of aromatic nitrogens is 3. The first-order valence-electron chi connectivity index (χ1n) is 9.86. The van der Waals surface area contributed by atoms with Crippen molar-refractivity contribution in [2.75, 3.05) is 25.0 Å². The smallest absolute Gasteiger partial charge is 0.357 e. The Balaban J connectivity index is 1.42. The number of hydrogen-bond acceptors (Lipinski definition) is 6. The van der Waals surface area contributed by atoms with Gasteiger partial charge in [-0.1, -0.05) is 31.5 Å². The van der Waals surface area contributed by atoms with Crippen LogP contribution in [0.15, 0.2) is 42.7 Å². The highest BCUT2D eigenvalue weighted by molar-refractivity contribution is 5.89. The molecule has 0 radical (unpaired) electrons. The number of hydrogen-bond donors (Lipinski definition) is 1. The van der Waals surface area contributed by atoms with Crippen LogP contribution in [0.25, 0.3) is 5.65 Å². The molecule has 0 saturated carbocycles. The molecule has 1 fully saturated rings. The largest absolute Gasteiger partial charge is 0.368 e. The van der Waals surface area contributed by atoms with Crippen molar-refractivity contribution in [1.29, 1.82) is 0 Å². The Bertz CT molecular complexity index is 1020. The molecule has 0 aliphatic carbocycles. The second-order valence-corrected chi connectivity index (χ2v) is 7.47. The van der Waals surface area contributed by atoms with Gasteiger partial charge in [0.15, 0.2) is 5.65 Å². The highest BCUT2D eigenvalue weighted by Crippen LogP contribution is 2.36. The molecular weight excluding hydrogens is 354 g/mol. The summed E-state index contributed by atoms with van der Waals surface area (Å²) in [5.41, 5.74) is 3.83. The molecule has 0 bridgehead atoms. The van der Waals surface area contributed by atoms with Crippen LogP contribution in [-0.2, 0) is 11.3 Å². The summed E-state index contributed by atoms with van der Waals surface area (Å²) >= 11 is 0. The molecule has 7 heteroatoms. The third-order valence-electron chi connectivity index (χ3n) is 5.86. The van der Waals surface area contributed by atoms with Crippen LogP contribution in [0.3, 0.4) is 0 Å². The lowest BCUT2D eigenvalue weighted by Crippen LogP contribution is -2.25. The van der Waals surface area contributed by atoms with Gasteiger partial charge in [-0.15, -0.1) is 5.06 Å². The maximum absolute atomic E-state index is 12.5. The molecule has 1 N–H and O–H groups in total. The molecule has 0 amide bonds. The zero-order valence-corrected chi connectivity index (χ0v) is 15.8. The number of nitrogens with one attached hydrogen (secondary N) is 1. The molecule has 2 unspecified atom stereocenters. The summed E-state index contributed by atoms with van der Waals surface area (Å²) in [4.78, 5) is 27.2. The first kappa shape index (κ1) is 17.2. The van der Waals surface area contributed by atoms with E-state index in [1.165, 1.54) is 11.4 Å². The maximum atomic E-state index is 12.5. The van der Waals surface area contributed by atoms with Gasteiger partial charge in [0.25, 0.3) is 0 Å². The van der Waals surface area contributed by atoms with Gasteiger partial charge >= 0.3 is 5.97 Å². The molecule has 2 aromatic heterocycles. The minimum absolute atomic E-state index is 0.260. The van der Waals surface area contributed by atoms with Gasteiger partial charge in [-0.2, -0.15) is 0 Å². The van der Waals surface area contributed by atoms with E-state index < -0.39 is 0 Å². The van der Waals surface area contributed by atoms with Crippen LogP contribution in [0.2, 0.25) is 0 Å². The van der Waals surface area contributed by atoms with Gasteiger partial charge < -0.3 is 10.2 Å². The number of anilines is 1. The third-order valence-corrected chi connectivity index (χ3v) is 5.86. The Kier molecular flexibility index (Phi) is 4.24. The van der Waals surface area contributed by atoms with E-state index >= 15 is 0 Å². The molecule has 2 atom stereocenters. The predicted octanol–water partition coefficient (Wildman–Crippen LogP) is 2.89. The van der Waals surface area contributed by atoms with Crippen molar-refractivity contribution < 1.29 is 9.63 Å². The van der Waals surface area contributed by atoms with Gasteiger partial charge in [0, 0.05) is 43.9 Å². The molecule has 4 heterocycles. The Morgan fingerprint density at radius 2 is 2.07 bits per heavy atom. The molecule has 1 aromatic carbocycles. The van der Waals surface area contributed by atoms with Crippen molar-refractivity contribution in [3.63, 3.8) is 0 Å².